The fourth-order valence-electron chi connectivity index (χ4n) is 4.89. The van der Waals surface area contributed by atoms with Crippen LogP contribution in [0.15, 0.2) is 18.2 Å². The molecule has 0 spiro atoms. The minimum absolute atomic E-state index is 0.120. The maximum Gasteiger partial charge on any atom is 0.262 e. The molecule has 8 nitrogen and oxygen atoms in total. The molecule has 4 amide bonds. The number of imide groups is 2. The number of hydrogen-bond donors (Lipinski definition) is 2. The van der Waals surface area contributed by atoms with Crippen LogP contribution in [0.1, 0.15) is 72.2 Å². The van der Waals surface area contributed by atoms with Crippen LogP contribution in [-0.4, -0.2) is 64.6 Å². The molecule has 0 radical (unpaired) electrons. The van der Waals surface area contributed by atoms with Gasteiger partial charge in [-0.2, -0.15) is 0 Å². The first kappa shape index (κ1) is 21.6. The van der Waals surface area contributed by atoms with Crippen molar-refractivity contribution in [3.05, 3.63) is 34.9 Å². The molecule has 0 aromatic heterocycles. The van der Waals surface area contributed by atoms with Gasteiger partial charge in [0.2, 0.25) is 11.8 Å². The highest BCUT2D eigenvalue weighted by Crippen LogP contribution is 2.29. The normalized spacial score (nSPS) is 24.6. The molecule has 0 aliphatic carbocycles. The Labute approximate surface area is 182 Å². The second kappa shape index (κ2) is 8.88. The van der Waals surface area contributed by atoms with Crippen LogP contribution in [0.3, 0.4) is 0 Å². The number of amides is 4. The van der Waals surface area contributed by atoms with E-state index in [2.05, 4.69) is 29.4 Å². The van der Waals surface area contributed by atoms with Gasteiger partial charge in [0.05, 0.1) is 11.1 Å². The van der Waals surface area contributed by atoms with E-state index in [0.29, 0.717) is 29.8 Å². The standard InChI is InChI=1S/C23H30N4O4/c1-14(2)26(16-4-3-10-24-11-9-16)13-15-5-6-17-18(12-15)23(31)27(22(17)30)19-7-8-20(28)25-21(19)29/h5-6,12,14,16,19,24H,3-4,7-11,13H2,1-2H3,(H,25,28,29). The van der Waals surface area contributed by atoms with Crippen molar-refractivity contribution in [2.24, 2.45) is 0 Å². The summed E-state index contributed by atoms with van der Waals surface area (Å²) < 4.78 is 0. The summed E-state index contributed by atoms with van der Waals surface area (Å²) >= 11 is 0. The van der Waals surface area contributed by atoms with E-state index in [0.717, 1.165) is 42.8 Å². The monoisotopic (exact) mass is 426 g/mol. The second-order valence-corrected chi connectivity index (χ2v) is 8.93. The number of nitrogens with zero attached hydrogens (tertiary/aromatic N) is 2. The third-order valence-electron chi connectivity index (χ3n) is 6.55. The highest BCUT2D eigenvalue weighted by Gasteiger charge is 2.44. The molecule has 166 valence electrons. The first-order chi connectivity index (χ1) is 14.9. The quantitative estimate of drug-likeness (QED) is 0.692. The summed E-state index contributed by atoms with van der Waals surface area (Å²) in [6.07, 6.45) is 3.65. The van der Waals surface area contributed by atoms with Crippen molar-refractivity contribution >= 4 is 23.6 Å². The maximum absolute atomic E-state index is 13.1. The van der Waals surface area contributed by atoms with E-state index in [-0.39, 0.29) is 18.7 Å². The summed E-state index contributed by atoms with van der Waals surface area (Å²) in [6.45, 7) is 7.13. The predicted octanol–water partition coefficient (Wildman–Crippen LogP) is 1.44. The van der Waals surface area contributed by atoms with Crippen molar-refractivity contribution in [1.29, 1.82) is 0 Å². The molecule has 1 aromatic rings. The Morgan fingerprint density at radius 2 is 1.81 bits per heavy atom. The van der Waals surface area contributed by atoms with Crippen molar-refractivity contribution in [2.45, 2.75) is 70.6 Å². The Bertz CT molecular complexity index is 905. The van der Waals surface area contributed by atoms with E-state index in [1.54, 1.807) is 12.1 Å². The zero-order valence-corrected chi connectivity index (χ0v) is 18.1. The lowest BCUT2D eigenvalue weighted by molar-refractivity contribution is -0.136. The Morgan fingerprint density at radius 3 is 2.55 bits per heavy atom. The summed E-state index contributed by atoms with van der Waals surface area (Å²) in [4.78, 5) is 53.1. The molecule has 4 rings (SSSR count). The predicted molar refractivity (Wildman–Crippen MR) is 114 cm³/mol. The highest BCUT2D eigenvalue weighted by molar-refractivity contribution is 6.23. The lowest BCUT2D eigenvalue weighted by Crippen LogP contribution is -2.54. The fourth-order valence-corrected chi connectivity index (χ4v) is 4.89. The van der Waals surface area contributed by atoms with Crippen LogP contribution in [0, 0.1) is 0 Å². The molecule has 1 aromatic carbocycles. The molecule has 2 atom stereocenters. The number of hydrogen-bond acceptors (Lipinski definition) is 6. The molecule has 3 heterocycles. The van der Waals surface area contributed by atoms with Gasteiger partial charge in [-0.1, -0.05) is 6.07 Å². The summed E-state index contributed by atoms with van der Waals surface area (Å²) in [5.74, 6) is -1.87. The number of rotatable bonds is 5. The maximum atomic E-state index is 13.1. The zero-order chi connectivity index (χ0) is 22.1. The Morgan fingerprint density at radius 1 is 1.03 bits per heavy atom. The summed E-state index contributed by atoms with van der Waals surface area (Å²) in [7, 11) is 0. The number of carbonyl (C=O) groups excluding carboxylic acids is 4. The van der Waals surface area contributed by atoms with Crippen LogP contribution in [0.4, 0.5) is 0 Å². The third-order valence-corrected chi connectivity index (χ3v) is 6.55. The average molecular weight is 427 g/mol. The van der Waals surface area contributed by atoms with E-state index >= 15 is 0 Å². The molecular formula is C23H30N4O4. The first-order valence-electron chi connectivity index (χ1n) is 11.2. The van der Waals surface area contributed by atoms with Gasteiger partial charge >= 0.3 is 0 Å². The van der Waals surface area contributed by atoms with E-state index in [9.17, 15) is 19.2 Å². The second-order valence-electron chi connectivity index (χ2n) is 8.93. The molecule has 31 heavy (non-hydrogen) atoms. The lowest BCUT2D eigenvalue weighted by atomic mass is 10.0. The smallest absolute Gasteiger partial charge is 0.262 e. The molecular weight excluding hydrogens is 396 g/mol. The summed E-state index contributed by atoms with van der Waals surface area (Å²) in [6, 6.07) is 5.30. The van der Waals surface area contributed by atoms with E-state index in [4.69, 9.17) is 0 Å². The number of benzene rings is 1. The van der Waals surface area contributed by atoms with Crippen molar-refractivity contribution in [1.82, 2.24) is 20.4 Å². The zero-order valence-electron chi connectivity index (χ0n) is 18.1. The van der Waals surface area contributed by atoms with E-state index in [1.165, 1.54) is 0 Å². The van der Waals surface area contributed by atoms with Crippen molar-refractivity contribution in [2.75, 3.05) is 13.1 Å². The van der Waals surface area contributed by atoms with E-state index < -0.39 is 23.8 Å². The number of nitrogens with one attached hydrogen (secondary N) is 2. The Hall–Kier alpha value is -2.58. The molecule has 3 aliphatic rings. The molecule has 2 unspecified atom stereocenters. The molecule has 2 saturated heterocycles. The summed E-state index contributed by atoms with van der Waals surface area (Å²) in [5, 5.41) is 5.68. The Balaban J connectivity index is 1.55. The van der Waals surface area contributed by atoms with Crippen molar-refractivity contribution < 1.29 is 19.2 Å². The highest BCUT2D eigenvalue weighted by atomic mass is 16.2. The van der Waals surface area contributed by atoms with Gasteiger partial charge in [0, 0.05) is 25.0 Å². The minimum Gasteiger partial charge on any atom is -0.317 e. The van der Waals surface area contributed by atoms with Crippen LogP contribution in [-0.2, 0) is 16.1 Å². The van der Waals surface area contributed by atoms with Gasteiger partial charge in [-0.3, -0.25) is 34.3 Å². The van der Waals surface area contributed by atoms with Crippen LogP contribution < -0.4 is 10.6 Å². The van der Waals surface area contributed by atoms with Gasteiger partial charge < -0.3 is 5.32 Å². The number of piperidine rings is 1. The van der Waals surface area contributed by atoms with Gasteiger partial charge in [0.15, 0.2) is 0 Å². The van der Waals surface area contributed by atoms with Crippen LogP contribution >= 0.6 is 0 Å². The molecule has 0 bridgehead atoms. The van der Waals surface area contributed by atoms with Gasteiger partial charge in [-0.15, -0.1) is 0 Å². The average Bonchev–Trinajstić information content (AvgIpc) is 2.91. The topological polar surface area (TPSA) is 98.8 Å². The Kier molecular flexibility index (Phi) is 6.20. The SMILES string of the molecule is CC(C)N(Cc1ccc2c(c1)C(=O)N(C1CCC(=O)NC1=O)C2=O)C1CCCNCC1. The van der Waals surface area contributed by atoms with Gasteiger partial charge in [-0.05, 0) is 70.3 Å². The number of fused-ring (bicyclic) bond motifs is 1. The number of carbonyl (C=O) groups is 4. The molecule has 8 heteroatoms. The van der Waals surface area contributed by atoms with Crippen LogP contribution in [0.2, 0.25) is 0 Å². The van der Waals surface area contributed by atoms with E-state index in [1.807, 2.05) is 6.07 Å². The first-order valence-corrected chi connectivity index (χ1v) is 11.2. The van der Waals surface area contributed by atoms with Crippen LogP contribution in [0.25, 0.3) is 0 Å². The van der Waals surface area contributed by atoms with Crippen molar-refractivity contribution in [3.63, 3.8) is 0 Å². The van der Waals surface area contributed by atoms with Gasteiger partial charge in [-0.25, -0.2) is 0 Å². The van der Waals surface area contributed by atoms with Gasteiger partial charge in [0.1, 0.15) is 6.04 Å². The summed E-state index contributed by atoms with van der Waals surface area (Å²) in [5.41, 5.74) is 1.66. The van der Waals surface area contributed by atoms with Crippen molar-refractivity contribution in [3.8, 4) is 0 Å². The molecule has 0 saturated carbocycles. The molecule has 3 aliphatic heterocycles. The third kappa shape index (κ3) is 4.27. The largest absolute Gasteiger partial charge is 0.317 e. The van der Waals surface area contributed by atoms with Gasteiger partial charge in [0.25, 0.3) is 11.8 Å². The lowest BCUT2D eigenvalue weighted by Gasteiger charge is -2.34. The molecule has 2 N–H and O–H groups in total. The van der Waals surface area contributed by atoms with Crippen LogP contribution in [0.5, 0.6) is 0 Å². The molecule has 2 fully saturated rings. The minimum atomic E-state index is -0.931. The fraction of sp³-hybridized carbons (Fsp3) is 0.565.